The first-order chi connectivity index (χ1) is 9.62. The molecule has 1 atom stereocenters. The number of anilines is 2. The molecule has 112 valence electrons. The average molecular weight is 278 g/mol. The standard InChI is InChI=1S/C15H26N4O/c1-4-7-8-13(16)15(20)18-12-9-10-14(17-11-12)19(5-2)6-3/h9-11,13H,4-8,16H2,1-3H3,(H,18,20). The van der Waals surface area contributed by atoms with Crippen LogP contribution >= 0.6 is 0 Å². The van der Waals surface area contributed by atoms with Crippen LogP contribution in [0, 0.1) is 0 Å². The number of pyridine rings is 1. The molecule has 0 bridgehead atoms. The molecule has 1 amide bonds. The average Bonchev–Trinajstić information content (AvgIpc) is 2.47. The molecular formula is C15H26N4O. The van der Waals surface area contributed by atoms with Gasteiger partial charge in [0.25, 0.3) is 0 Å². The number of rotatable bonds is 8. The maximum Gasteiger partial charge on any atom is 0.241 e. The second-order valence-electron chi connectivity index (χ2n) is 4.82. The Labute approximate surface area is 121 Å². The lowest BCUT2D eigenvalue weighted by Gasteiger charge is -2.19. The highest BCUT2D eigenvalue weighted by atomic mass is 16.2. The van der Waals surface area contributed by atoms with Gasteiger partial charge in [0.2, 0.25) is 5.91 Å². The molecule has 3 N–H and O–H groups in total. The van der Waals surface area contributed by atoms with Crippen LogP contribution < -0.4 is 16.0 Å². The van der Waals surface area contributed by atoms with Crippen LogP contribution in [0.1, 0.15) is 40.0 Å². The van der Waals surface area contributed by atoms with E-state index in [1.165, 1.54) is 0 Å². The van der Waals surface area contributed by atoms with Crippen molar-refractivity contribution < 1.29 is 4.79 Å². The predicted molar refractivity (Wildman–Crippen MR) is 83.9 cm³/mol. The minimum Gasteiger partial charge on any atom is -0.357 e. The Morgan fingerprint density at radius 1 is 1.35 bits per heavy atom. The van der Waals surface area contributed by atoms with Gasteiger partial charge in [-0.15, -0.1) is 0 Å². The molecule has 0 aliphatic heterocycles. The fraction of sp³-hybridized carbons (Fsp3) is 0.600. The highest BCUT2D eigenvalue weighted by Crippen LogP contribution is 2.14. The second-order valence-corrected chi connectivity index (χ2v) is 4.82. The number of hydrogen-bond donors (Lipinski definition) is 2. The molecule has 0 aliphatic rings. The van der Waals surface area contributed by atoms with Crippen molar-refractivity contribution in [1.29, 1.82) is 0 Å². The van der Waals surface area contributed by atoms with E-state index in [9.17, 15) is 4.79 Å². The van der Waals surface area contributed by atoms with Gasteiger partial charge in [-0.05, 0) is 32.4 Å². The van der Waals surface area contributed by atoms with E-state index in [0.29, 0.717) is 12.1 Å². The summed E-state index contributed by atoms with van der Waals surface area (Å²) >= 11 is 0. The van der Waals surface area contributed by atoms with Crippen molar-refractivity contribution in [3.05, 3.63) is 18.3 Å². The van der Waals surface area contributed by atoms with Crippen molar-refractivity contribution in [1.82, 2.24) is 4.98 Å². The van der Waals surface area contributed by atoms with Crippen molar-refractivity contribution >= 4 is 17.4 Å². The zero-order valence-corrected chi connectivity index (χ0v) is 12.7. The second kappa shape index (κ2) is 8.53. The van der Waals surface area contributed by atoms with Crippen LogP contribution in [0.2, 0.25) is 0 Å². The van der Waals surface area contributed by atoms with Gasteiger partial charge in [-0.25, -0.2) is 4.98 Å². The van der Waals surface area contributed by atoms with E-state index in [4.69, 9.17) is 5.73 Å². The fourth-order valence-electron chi connectivity index (χ4n) is 1.98. The Morgan fingerprint density at radius 2 is 2.05 bits per heavy atom. The van der Waals surface area contributed by atoms with Crippen LogP contribution in [-0.2, 0) is 4.79 Å². The van der Waals surface area contributed by atoms with E-state index in [1.807, 2.05) is 12.1 Å². The molecule has 0 fully saturated rings. The summed E-state index contributed by atoms with van der Waals surface area (Å²) < 4.78 is 0. The summed E-state index contributed by atoms with van der Waals surface area (Å²) in [5.74, 6) is 0.777. The Balaban J connectivity index is 2.58. The SMILES string of the molecule is CCCCC(N)C(=O)Nc1ccc(N(CC)CC)nc1. The Kier molecular flexibility index (Phi) is 7.01. The molecule has 1 heterocycles. The number of hydrogen-bond acceptors (Lipinski definition) is 4. The van der Waals surface area contributed by atoms with Crippen LogP contribution in [0.3, 0.4) is 0 Å². The van der Waals surface area contributed by atoms with Crippen LogP contribution in [0.4, 0.5) is 11.5 Å². The van der Waals surface area contributed by atoms with Gasteiger partial charge in [-0.1, -0.05) is 19.8 Å². The van der Waals surface area contributed by atoms with Gasteiger partial charge in [0.15, 0.2) is 0 Å². The molecule has 0 aliphatic carbocycles. The third-order valence-corrected chi connectivity index (χ3v) is 3.31. The normalized spacial score (nSPS) is 12.0. The quantitative estimate of drug-likeness (QED) is 0.766. The molecule has 5 nitrogen and oxygen atoms in total. The number of amides is 1. The Bertz CT molecular complexity index is 401. The van der Waals surface area contributed by atoms with Gasteiger partial charge in [0, 0.05) is 13.1 Å². The predicted octanol–water partition coefficient (Wildman–Crippen LogP) is 2.38. The maximum absolute atomic E-state index is 11.9. The summed E-state index contributed by atoms with van der Waals surface area (Å²) in [5, 5.41) is 2.81. The summed E-state index contributed by atoms with van der Waals surface area (Å²) in [5.41, 5.74) is 6.52. The van der Waals surface area contributed by atoms with Gasteiger partial charge in [0.1, 0.15) is 5.82 Å². The van der Waals surface area contributed by atoms with Crippen molar-refractivity contribution in [3.8, 4) is 0 Å². The summed E-state index contributed by atoms with van der Waals surface area (Å²) in [7, 11) is 0. The van der Waals surface area contributed by atoms with Crippen molar-refractivity contribution in [2.45, 2.75) is 46.1 Å². The molecule has 0 aromatic carbocycles. The first kappa shape index (κ1) is 16.4. The van der Waals surface area contributed by atoms with Gasteiger partial charge in [0.05, 0.1) is 17.9 Å². The van der Waals surface area contributed by atoms with Crippen LogP contribution in [-0.4, -0.2) is 30.0 Å². The summed E-state index contributed by atoms with van der Waals surface area (Å²) in [6.45, 7) is 8.09. The highest BCUT2D eigenvalue weighted by molar-refractivity contribution is 5.94. The molecule has 1 rings (SSSR count). The van der Waals surface area contributed by atoms with E-state index in [0.717, 1.165) is 31.7 Å². The van der Waals surface area contributed by atoms with Crippen LogP contribution in [0.15, 0.2) is 18.3 Å². The van der Waals surface area contributed by atoms with Gasteiger partial charge in [-0.2, -0.15) is 0 Å². The molecule has 5 heteroatoms. The largest absolute Gasteiger partial charge is 0.357 e. The molecule has 1 aromatic rings. The minimum absolute atomic E-state index is 0.143. The van der Waals surface area contributed by atoms with E-state index in [-0.39, 0.29) is 5.91 Å². The zero-order valence-electron chi connectivity index (χ0n) is 12.7. The van der Waals surface area contributed by atoms with E-state index in [2.05, 4.69) is 36.0 Å². The van der Waals surface area contributed by atoms with Crippen molar-refractivity contribution in [3.63, 3.8) is 0 Å². The summed E-state index contributed by atoms with van der Waals surface area (Å²) in [6.07, 6.45) is 4.40. The molecule has 1 aromatic heterocycles. The summed E-state index contributed by atoms with van der Waals surface area (Å²) in [6, 6.07) is 3.34. The molecular weight excluding hydrogens is 252 g/mol. The number of carbonyl (C=O) groups is 1. The smallest absolute Gasteiger partial charge is 0.241 e. The minimum atomic E-state index is -0.447. The van der Waals surface area contributed by atoms with Crippen molar-refractivity contribution in [2.24, 2.45) is 5.73 Å². The van der Waals surface area contributed by atoms with Gasteiger partial charge in [-0.3, -0.25) is 4.79 Å². The van der Waals surface area contributed by atoms with E-state index >= 15 is 0 Å². The first-order valence-corrected chi connectivity index (χ1v) is 7.39. The first-order valence-electron chi connectivity index (χ1n) is 7.39. The van der Waals surface area contributed by atoms with E-state index < -0.39 is 6.04 Å². The number of nitrogens with zero attached hydrogens (tertiary/aromatic N) is 2. The molecule has 0 saturated heterocycles. The lowest BCUT2D eigenvalue weighted by atomic mass is 10.1. The number of aromatic nitrogens is 1. The maximum atomic E-state index is 11.9. The number of nitrogens with one attached hydrogen (secondary N) is 1. The van der Waals surface area contributed by atoms with Gasteiger partial charge >= 0.3 is 0 Å². The van der Waals surface area contributed by atoms with Crippen LogP contribution in [0.5, 0.6) is 0 Å². The number of nitrogens with two attached hydrogens (primary N) is 1. The Morgan fingerprint density at radius 3 is 2.55 bits per heavy atom. The lowest BCUT2D eigenvalue weighted by molar-refractivity contribution is -0.117. The Hall–Kier alpha value is -1.62. The number of carbonyl (C=O) groups excluding carboxylic acids is 1. The fourth-order valence-corrected chi connectivity index (χ4v) is 1.98. The van der Waals surface area contributed by atoms with Crippen molar-refractivity contribution in [2.75, 3.05) is 23.3 Å². The molecule has 0 spiro atoms. The number of unbranched alkanes of at least 4 members (excludes halogenated alkanes) is 1. The third kappa shape index (κ3) is 4.81. The zero-order chi connectivity index (χ0) is 15.0. The molecule has 0 radical (unpaired) electrons. The van der Waals surface area contributed by atoms with E-state index in [1.54, 1.807) is 6.20 Å². The molecule has 1 unspecified atom stereocenters. The van der Waals surface area contributed by atoms with Gasteiger partial charge < -0.3 is 16.0 Å². The topological polar surface area (TPSA) is 71.2 Å². The molecule has 0 saturated carbocycles. The highest BCUT2D eigenvalue weighted by Gasteiger charge is 2.13. The molecule has 20 heavy (non-hydrogen) atoms. The lowest BCUT2D eigenvalue weighted by Crippen LogP contribution is -2.35. The summed E-state index contributed by atoms with van der Waals surface area (Å²) in [4.78, 5) is 18.4. The van der Waals surface area contributed by atoms with Crippen LogP contribution in [0.25, 0.3) is 0 Å². The third-order valence-electron chi connectivity index (χ3n) is 3.31. The monoisotopic (exact) mass is 278 g/mol.